The van der Waals surface area contributed by atoms with Gasteiger partial charge in [-0.2, -0.15) is 0 Å². The third-order valence-electron chi connectivity index (χ3n) is 2.09. The zero-order chi connectivity index (χ0) is 10.6. The van der Waals surface area contributed by atoms with Crippen LogP contribution in [-0.2, 0) is 6.42 Å². The minimum absolute atomic E-state index is 0.445. The van der Waals surface area contributed by atoms with Crippen LogP contribution in [0, 0.1) is 0 Å². The van der Waals surface area contributed by atoms with Crippen LogP contribution < -0.4 is 10.5 Å². The minimum atomic E-state index is -0.445. The van der Waals surface area contributed by atoms with Crippen LogP contribution in [0.3, 0.4) is 0 Å². The number of ether oxygens (including phenoxy) is 1. The molecule has 0 atom stereocenters. The molecule has 1 aromatic rings. The van der Waals surface area contributed by atoms with Crippen molar-refractivity contribution in [2.24, 2.45) is 5.73 Å². The zero-order valence-corrected chi connectivity index (χ0v) is 8.54. The van der Waals surface area contributed by atoms with Gasteiger partial charge in [-0.15, -0.1) is 0 Å². The highest BCUT2D eigenvalue weighted by molar-refractivity contribution is 5.96. The summed E-state index contributed by atoms with van der Waals surface area (Å²) in [7, 11) is 1.56. The standard InChI is InChI=1S/C11H15NO2/c1-3-5-8-6-4-7-9(11(12)13)10(8)14-2/h4,6-7H,3,5H2,1-2H3,(H2,12,13). The van der Waals surface area contributed by atoms with E-state index in [9.17, 15) is 4.79 Å². The van der Waals surface area contributed by atoms with Crippen LogP contribution in [0.15, 0.2) is 18.2 Å². The van der Waals surface area contributed by atoms with Gasteiger partial charge < -0.3 is 10.5 Å². The van der Waals surface area contributed by atoms with Gasteiger partial charge in [0.1, 0.15) is 5.75 Å². The number of benzene rings is 1. The maximum Gasteiger partial charge on any atom is 0.252 e. The normalized spacial score (nSPS) is 9.86. The molecule has 0 radical (unpaired) electrons. The van der Waals surface area contributed by atoms with E-state index in [-0.39, 0.29) is 0 Å². The highest BCUT2D eigenvalue weighted by Crippen LogP contribution is 2.24. The van der Waals surface area contributed by atoms with E-state index in [0.29, 0.717) is 11.3 Å². The lowest BCUT2D eigenvalue weighted by Gasteiger charge is -2.10. The number of amides is 1. The number of nitrogens with two attached hydrogens (primary N) is 1. The molecule has 14 heavy (non-hydrogen) atoms. The second kappa shape index (κ2) is 4.65. The molecule has 0 aliphatic heterocycles. The summed E-state index contributed by atoms with van der Waals surface area (Å²) < 4.78 is 5.19. The van der Waals surface area contributed by atoms with Crippen LogP contribution in [0.5, 0.6) is 5.75 Å². The molecule has 0 fully saturated rings. The number of rotatable bonds is 4. The molecule has 3 heteroatoms. The molecule has 0 saturated heterocycles. The summed E-state index contributed by atoms with van der Waals surface area (Å²) in [6, 6.07) is 5.46. The van der Waals surface area contributed by atoms with E-state index in [1.807, 2.05) is 12.1 Å². The first-order chi connectivity index (χ1) is 6.70. The lowest BCUT2D eigenvalue weighted by molar-refractivity contribution is 0.0997. The quantitative estimate of drug-likeness (QED) is 0.792. The monoisotopic (exact) mass is 193 g/mol. The predicted molar refractivity (Wildman–Crippen MR) is 55.5 cm³/mol. The SMILES string of the molecule is CCCc1cccc(C(N)=O)c1OC. The molecule has 0 heterocycles. The van der Waals surface area contributed by atoms with Crippen molar-refractivity contribution in [3.05, 3.63) is 29.3 Å². The Labute approximate surface area is 83.9 Å². The average Bonchev–Trinajstić information content (AvgIpc) is 2.18. The zero-order valence-electron chi connectivity index (χ0n) is 8.54. The van der Waals surface area contributed by atoms with Crippen LogP contribution in [0.4, 0.5) is 0 Å². The molecule has 0 aliphatic carbocycles. The van der Waals surface area contributed by atoms with E-state index in [4.69, 9.17) is 10.5 Å². The van der Waals surface area contributed by atoms with Gasteiger partial charge >= 0.3 is 0 Å². The molecule has 0 aliphatic rings. The Morgan fingerprint density at radius 3 is 2.71 bits per heavy atom. The number of methoxy groups -OCH3 is 1. The Balaban J connectivity index is 3.17. The second-order valence-electron chi connectivity index (χ2n) is 3.11. The molecule has 0 spiro atoms. The van der Waals surface area contributed by atoms with E-state index in [2.05, 4.69) is 6.92 Å². The largest absolute Gasteiger partial charge is 0.496 e. The van der Waals surface area contributed by atoms with Crippen LogP contribution in [0.25, 0.3) is 0 Å². The number of hydrogen-bond acceptors (Lipinski definition) is 2. The van der Waals surface area contributed by atoms with Crippen molar-refractivity contribution < 1.29 is 9.53 Å². The molecule has 0 bridgehead atoms. The van der Waals surface area contributed by atoms with Gasteiger partial charge in [-0.05, 0) is 18.1 Å². The summed E-state index contributed by atoms with van der Waals surface area (Å²) in [5, 5.41) is 0. The van der Waals surface area contributed by atoms with Crippen LogP contribution in [0.2, 0.25) is 0 Å². The molecule has 1 amide bonds. The minimum Gasteiger partial charge on any atom is -0.496 e. The third-order valence-corrected chi connectivity index (χ3v) is 2.09. The van der Waals surface area contributed by atoms with E-state index < -0.39 is 5.91 Å². The van der Waals surface area contributed by atoms with Gasteiger partial charge in [0.2, 0.25) is 0 Å². The molecule has 1 aromatic carbocycles. The maximum atomic E-state index is 11.1. The third kappa shape index (κ3) is 2.05. The van der Waals surface area contributed by atoms with Gasteiger partial charge in [0, 0.05) is 0 Å². The average molecular weight is 193 g/mol. The molecular formula is C11H15NO2. The van der Waals surface area contributed by atoms with E-state index >= 15 is 0 Å². The number of carbonyl (C=O) groups excluding carboxylic acids is 1. The summed E-state index contributed by atoms with van der Waals surface area (Å²) in [6.07, 6.45) is 1.91. The molecule has 0 saturated carbocycles. The van der Waals surface area contributed by atoms with Crippen molar-refractivity contribution in [1.82, 2.24) is 0 Å². The Hall–Kier alpha value is -1.51. The van der Waals surface area contributed by atoms with Crippen LogP contribution in [-0.4, -0.2) is 13.0 Å². The van der Waals surface area contributed by atoms with Gasteiger partial charge in [-0.25, -0.2) is 0 Å². The summed E-state index contributed by atoms with van der Waals surface area (Å²) >= 11 is 0. The van der Waals surface area contributed by atoms with Gasteiger partial charge in [-0.1, -0.05) is 25.5 Å². The molecule has 0 aromatic heterocycles. The Morgan fingerprint density at radius 2 is 2.21 bits per heavy atom. The summed E-state index contributed by atoms with van der Waals surface area (Å²) in [5.74, 6) is 0.168. The number of carbonyl (C=O) groups is 1. The Morgan fingerprint density at radius 1 is 1.50 bits per heavy atom. The highest BCUT2D eigenvalue weighted by atomic mass is 16.5. The van der Waals surface area contributed by atoms with Gasteiger partial charge in [0.25, 0.3) is 5.91 Å². The fraction of sp³-hybridized carbons (Fsp3) is 0.364. The molecule has 2 N–H and O–H groups in total. The first-order valence-electron chi connectivity index (χ1n) is 4.66. The second-order valence-corrected chi connectivity index (χ2v) is 3.11. The summed E-state index contributed by atoms with van der Waals surface area (Å²) in [5.41, 5.74) is 6.73. The number of hydrogen-bond donors (Lipinski definition) is 1. The van der Waals surface area contributed by atoms with Crippen molar-refractivity contribution >= 4 is 5.91 Å². The van der Waals surface area contributed by atoms with E-state index in [0.717, 1.165) is 18.4 Å². The predicted octanol–water partition coefficient (Wildman–Crippen LogP) is 1.75. The fourth-order valence-electron chi connectivity index (χ4n) is 1.49. The summed E-state index contributed by atoms with van der Waals surface area (Å²) in [6.45, 7) is 2.08. The van der Waals surface area contributed by atoms with Crippen molar-refractivity contribution in [2.75, 3.05) is 7.11 Å². The smallest absolute Gasteiger partial charge is 0.252 e. The van der Waals surface area contributed by atoms with E-state index in [1.54, 1.807) is 13.2 Å². The number of para-hydroxylation sites is 1. The lowest BCUT2D eigenvalue weighted by atomic mass is 10.0. The molecular weight excluding hydrogens is 178 g/mol. The molecule has 0 unspecified atom stereocenters. The number of primary amides is 1. The molecule has 1 rings (SSSR count). The van der Waals surface area contributed by atoms with Crippen molar-refractivity contribution in [2.45, 2.75) is 19.8 Å². The van der Waals surface area contributed by atoms with Gasteiger partial charge in [0.05, 0.1) is 12.7 Å². The topological polar surface area (TPSA) is 52.3 Å². The Bertz CT molecular complexity index is 334. The van der Waals surface area contributed by atoms with Gasteiger partial charge in [0.15, 0.2) is 0 Å². The maximum absolute atomic E-state index is 11.1. The van der Waals surface area contributed by atoms with Crippen molar-refractivity contribution in [1.29, 1.82) is 0 Å². The van der Waals surface area contributed by atoms with Gasteiger partial charge in [-0.3, -0.25) is 4.79 Å². The van der Waals surface area contributed by atoms with Crippen molar-refractivity contribution in [3.8, 4) is 5.75 Å². The first-order valence-corrected chi connectivity index (χ1v) is 4.66. The fourth-order valence-corrected chi connectivity index (χ4v) is 1.49. The lowest BCUT2D eigenvalue weighted by Crippen LogP contribution is -2.13. The first kappa shape index (κ1) is 10.6. The van der Waals surface area contributed by atoms with Crippen LogP contribution in [0.1, 0.15) is 29.3 Å². The van der Waals surface area contributed by atoms with Crippen molar-refractivity contribution in [3.63, 3.8) is 0 Å². The highest BCUT2D eigenvalue weighted by Gasteiger charge is 2.11. The molecule has 3 nitrogen and oxygen atoms in total. The number of aryl methyl sites for hydroxylation is 1. The summed E-state index contributed by atoms with van der Waals surface area (Å²) in [4.78, 5) is 11.1. The van der Waals surface area contributed by atoms with Crippen LogP contribution >= 0.6 is 0 Å². The molecule has 76 valence electrons. The van der Waals surface area contributed by atoms with E-state index in [1.165, 1.54) is 0 Å². The Kier molecular flexibility index (Phi) is 3.51.